The summed E-state index contributed by atoms with van der Waals surface area (Å²) in [5.41, 5.74) is 1.25. The van der Waals surface area contributed by atoms with Crippen LogP contribution in [0, 0.1) is 6.92 Å². The zero-order valence-electron chi connectivity index (χ0n) is 14.6. The monoisotopic (exact) mass is 319 g/mol. The van der Waals surface area contributed by atoms with Crippen molar-refractivity contribution in [3.05, 3.63) is 17.5 Å². The standard InChI is InChI=1S/C17H29N5O/c1-13-12-15(16(23)18-10-11-22(2)3)21-17(19-13)20-14-8-6-4-5-7-9-14/h12,14H,4-11H2,1-3H3,(H,18,23)(H,19,20,21). The topological polar surface area (TPSA) is 70.2 Å². The molecule has 23 heavy (non-hydrogen) atoms. The molecule has 6 nitrogen and oxygen atoms in total. The van der Waals surface area contributed by atoms with Gasteiger partial charge in [-0.05, 0) is 39.9 Å². The minimum absolute atomic E-state index is 0.138. The van der Waals surface area contributed by atoms with Crippen molar-refractivity contribution in [2.24, 2.45) is 0 Å². The van der Waals surface area contributed by atoms with E-state index in [0.29, 0.717) is 24.2 Å². The highest BCUT2D eigenvalue weighted by atomic mass is 16.1. The second-order valence-electron chi connectivity index (χ2n) is 6.61. The molecule has 0 aromatic carbocycles. The normalized spacial score (nSPS) is 16.2. The fourth-order valence-electron chi connectivity index (χ4n) is 2.84. The Kier molecular flexibility index (Phi) is 6.77. The first-order valence-corrected chi connectivity index (χ1v) is 8.60. The minimum atomic E-state index is -0.138. The van der Waals surface area contributed by atoms with Gasteiger partial charge in [-0.15, -0.1) is 0 Å². The van der Waals surface area contributed by atoms with Crippen LogP contribution in [-0.2, 0) is 0 Å². The van der Waals surface area contributed by atoms with Gasteiger partial charge in [-0.25, -0.2) is 9.97 Å². The Morgan fingerprint density at radius 1 is 1.22 bits per heavy atom. The molecule has 1 amide bonds. The van der Waals surface area contributed by atoms with Crippen molar-refractivity contribution in [2.45, 2.75) is 51.5 Å². The summed E-state index contributed by atoms with van der Waals surface area (Å²) in [5, 5.41) is 6.32. The van der Waals surface area contributed by atoms with Crippen molar-refractivity contribution in [3.63, 3.8) is 0 Å². The van der Waals surface area contributed by atoms with Gasteiger partial charge >= 0.3 is 0 Å². The molecule has 6 heteroatoms. The highest BCUT2D eigenvalue weighted by Gasteiger charge is 2.15. The summed E-state index contributed by atoms with van der Waals surface area (Å²) in [6, 6.07) is 2.16. The summed E-state index contributed by atoms with van der Waals surface area (Å²) < 4.78 is 0. The summed E-state index contributed by atoms with van der Waals surface area (Å²) >= 11 is 0. The van der Waals surface area contributed by atoms with E-state index in [1.54, 1.807) is 6.07 Å². The Labute approximate surface area is 139 Å². The van der Waals surface area contributed by atoms with Crippen LogP contribution in [0.4, 0.5) is 5.95 Å². The third-order valence-corrected chi connectivity index (χ3v) is 4.12. The second-order valence-corrected chi connectivity index (χ2v) is 6.61. The first kappa shape index (κ1) is 17.7. The summed E-state index contributed by atoms with van der Waals surface area (Å²) in [6.45, 7) is 3.32. The van der Waals surface area contributed by atoms with Crippen molar-refractivity contribution in [3.8, 4) is 0 Å². The molecule has 1 aliphatic rings. The average Bonchev–Trinajstić information content (AvgIpc) is 2.74. The quantitative estimate of drug-likeness (QED) is 0.787. The van der Waals surface area contributed by atoms with Crippen LogP contribution in [0.1, 0.15) is 54.7 Å². The van der Waals surface area contributed by atoms with Crippen LogP contribution in [-0.4, -0.2) is 54.0 Å². The molecule has 0 bridgehead atoms. The number of aromatic nitrogens is 2. The van der Waals surface area contributed by atoms with Crippen molar-refractivity contribution in [1.29, 1.82) is 0 Å². The number of nitrogens with one attached hydrogen (secondary N) is 2. The Morgan fingerprint density at radius 2 is 1.91 bits per heavy atom. The van der Waals surface area contributed by atoms with Crippen molar-refractivity contribution < 1.29 is 4.79 Å². The van der Waals surface area contributed by atoms with E-state index in [1.165, 1.54) is 25.7 Å². The Morgan fingerprint density at radius 3 is 2.57 bits per heavy atom. The van der Waals surface area contributed by atoms with Crippen LogP contribution in [0.15, 0.2) is 6.07 Å². The number of aryl methyl sites for hydroxylation is 1. The van der Waals surface area contributed by atoms with Gasteiger partial charge in [0.05, 0.1) is 0 Å². The molecule has 1 saturated carbocycles. The molecule has 128 valence electrons. The van der Waals surface area contributed by atoms with E-state index in [9.17, 15) is 4.79 Å². The molecule has 2 rings (SSSR count). The molecule has 1 aromatic rings. The number of carbonyl (C=O) groups excluding carboxylic acids is 1. The van der Waals surface area contributed by atoms with E-state index in [4.69, 9.17) is 0 Å². The fourth-order valence-corrected chi connectivity index (χ4v) is 2.84. The van der Waals surface area contributed by atoms with E-state index in [-0.39, 0.29) is 5.91 Å². The molecule has 1 heterocycles. The van der Waals surface area contributed by atoms with E-state index < -0.39 is 0 Å². The number of nitrogens with zero attached hydrogens (tertiary/aromatic N) is 3. The zero-order valence-corrected chi connectivity index (χ0v) is 14.6. The van der Waals surface area contributed by atoms with Gasteiger partial charge < -0.3 is 15.5 Å². The number of anilines is 1. The largest absolute Gasteiger partial charge is 0.351 e. The summed E-state index contributed by atoms with van der Waals surface area (Å²) in [7, 11) is 3.96. The van der Waals surface area contributed by atoms with Crippen LogP contribution < -0.4 is 10.6 Å². The lowest BCUT2D eigenvalue weighted by molar-refractivity contribution is 0.0946. The molecule has 1 fully saturated rings. The molecular formula is C17H29N5O. The number of hydrogen-bond acceptors (Lipinski definition) is 5. The Balaban J connectivity index is 1.98. The third-order valence-electron chi connectivity index (χ3n) is 4.12. The van der Waals surface area contributed by atoms with E-state index in [1.807, 2.05) is 25.9 Å². The number of carbonyl (C=O) groups is 1. The highest BCUT2D eigenvalue weighted by molar-refractivity contribution is 5.92. The minimum Gasteiger partial charge on any atom is -0.351 e. The zero-order chi connectivity index (χ0) is 16.7. The SMILES string of the molecule is Cc1cc(C(=O)NCCN(C)C)nc(NC2CCCCCC2)n1. The van der Waals surface area contributed by atoms with Crippen molar-refractivity contribution in [1.82, 2.24) is 20.2 Å². The van der Waals surface area contributed by atoms with E-state index >= 15 is 0 Å². The second kappa shape index (κ2) is 8.82. The van der Waals surface area contributed by atoms with Crippen molar-refractivity contribution in [2.75, 3.05) is 32.5 Å². The van der Waals surface area contributed by atoms with Crippen LogP contribution in [0.3, 0.4) is 0 Å². The molecule has 0 aliphatic heterocycles. The lowest BCUT2D eigenvalue weighted by atomic mass is 10.1. The molecule has 0 spiro atoms. The third kappa shape index (κ3) is 6.14. The van der Waals surface area contributed by atoms with Gasteiger partial charge in [0.25, 0.3) is 5.91 Å². The van der Waals surface area contributed by atoms with Crippen LogP contribution in [0.2, 0.25) is 0 Å². The molecule has 2 N–H and O–H groups in total. The first-order valence-electron chi connectivity index (χ1n) is 8.60. The van der Waals surface area contributed by atoms with E-state index in [2.05, 4.69) is 20.6 Å². The predicted molar refractivity (Wildman–Crippen MR) is 92.8 cm³/mol. The van der Waals surface area contributed by atoms with Gasteiger partial charge in [-0.2, -0.15) is 0 Å². The predicted octanol–water partition coefficient (Wildman–Crippen LogP) is 2.21. The Hall–Kier alpha value is -1.69. The summed E-state index contributed by atoms with van der Waals surface area (Å²) in [6.07, 6.45) is 7.44. The number of rotatable bonds is 6. The maximum atomic E-state index is 12.2. The average molecular weight is 319 g/mol. The fraction of sp³-hybridized carbons (Fsp3) is 0.706. The van der Waals surface area contributed by atoms with Gasteiger partial charge in [-0.3, -0.25) is 4.79 Å². The van der Waals surface area contributed by atoms with Gasteiger partial charge in [0, 0.05) is 24.8 Å². The number of amides is 1. The molecule has 1 aromatic heterocycles. The van der Waals surface area contributed by atoms with Gasteiger partial charge in [0.15, 0.2) is 0 Å². The lowest BCUT2D eigenvalue weighted by Gasteiger charge is -2.17. The van der Waals surface area contributed by atoms with Crippen LogP contribution in [0.25, 0.3) is 0 Å². The summed E-state index contributed by atoms with van der Waals surface area (Å²) in [5.74, 6) is 0.441. The van der Waals surface area contributed by atoms with Gasteiger partial charge in [0.2, 0.25) is 5.95 Å². The molecule has 0 radical (unpaired) electrons. The molecular weight excluding hydrogens is 290 g/mol. The molecule has 1 aliphatic carbocycles. The van der Waals surface area contributed by atoms with Gasteiger partial charge in [-0.1, -0.05) is 25.7 Å². The Bertz CT molecular complexity index is 510. The smallest absolute Gasteiger partial charge is 0.270 e. The first-order chi connectivity index (χ1) is 11.0. The summed E-state index contributed by atoms with van der Waals surface area (Å²) in [4.78, 5) is 23.1. The highest BCUT2D eigenvalue weighted by Crippen LogP contribution is 2.20. The molecule has 0 atom stereocenters. The number of hydrogen-bond donors (Lipinski definition) is 2. The van der Waals surface area contributed by atoms with E-state index in [0.717, 1.165) is 25.1 Å². The number of likely N-dealkylation sites (N-methyl/N-ethyl adjacent to an activating group) is 1. The van der Waals surface area contributed by atoms with Crippen molar-refractivity contribution >= 4 is 11.9 Å². The lowest BCUT2D eigenvalue weighted by Crippen LogP contribution is -2.32. The molecule has 0 unspecified atom stereocenters. The van der Waals surface area contributed by atoms with Crippen LogP contribution in [0.5, 0.6) is 0 Å². The maximum absolute atomic E-state index is 12.2. The molecule has 0 saturated heterocycles. The van der Waals surface area contributed by atoms with Gasteiger partial charge in [0.1, 0.15) is 5.69 Å². The van der Waals surface area contributed by atoms with Crippen LogP contribution >= 0.6 is 0 Å². The maximum Gasteiger partial charge on any atom is 0.270 e.